The lowest BCUT2D eigenvalue weighted by molar-refractivity contribution is 0.145. The van der Waals surface area contributed by atoms with Crippen molar-refractivity contribution in [3.63, 3.8) is 0 Å². The molecule has 122 valence electrons. The minimum Gasteiger partial charge on any atom is -0.508 e. The first-order valence-electron chi connectivity index (χ1n) is 7.32. The van der Waals surface area contributed by atoms with Crippen molar-refractivity contribution in [2.24, 2.45) is 0 Å². The van der Waals surface area contributed by atoms with Crippen molar-refractivity contribution in [2.75, 3.05) is 6.61 Å². The van der Waals surface area contributed by atoms with Gasteiger partial charge in [-0.05, 0) is 41.5 Å². The summed E-state index contributed by atoms with van der Waals surface area (Å²) < 4.78 is 5.11. The van der Waals surface area contributed by atoms with Crippen LogP contribution in [0.1, 0.15) is 36.4 Å². The number of aliphatic hydroxyl groups excluding tert-OH is 3. The summed E-state index contributed by atoms with van der Waals surface area (Å²) in [4.78, 5) is 0. The Morgan fingerprint density at radius 2 is 1.87 bits per heavy atom. The number of aromatic hydroxyl groups is 1. The Labute approximate surface area is 134 Å². The molecule has 0 saturated carbocycles. The first kappa shape index (κ1) is 17.1. The van der Waals surface area contributed by atoms with E-state index in [-0.39, 0.29) is 18.8 Å². The van der Waals surface area contributed by atoms with Crippen LogP contribution in [0, 0.1) is 0 Å². The highest BCUT2D eigenvalue weighted by atomic mass is 16.4. The second-order valence-corrected chi connectivity index (χ2v) is 5.19. The van der Waals surface area contributed by atoms with Crippen molar-refractivity contribution >= 4 is 0 Å². The first-order valence-corrected chi connectivity index (χ1v) is 7.32. The molecule has 0 aliphatic carbocycles. The lowest BCUT2D eigenvalue weighted by Crippen LogP contribution is -2.00. The quantitative estimate of drug-likeness (QED) is 0.589. The van der Waals surface area contributed by atoms with Gasteiger partial charge in [-0.1, -0.05) is 12.1 Å². The van der Waals surface area contributed by atoms with Gasteiger partial charge in [-0.2, -0.15) is 0 Å². The van der Waals surface area contributed by atoms with Crippen molar-refractivity contribution in [1.29, 1.82) is 0 Å². The van der Waals surface area contributed by atoms with Crippen molar-refractivity contribution in [2.45, 2.75) is 25.0 Å². The molecule has 0 radical (unpaired) electrons. The normalized spacial score (nSPS) is 13.2. The van der Waals surface area contributed by atoms with Gasteiger partial charge in [0.2, 0.25) is 0 Å². The summed E-state index contributed by atoms with van der Waals surface area (Å²) in [5.74, 6) is 0.577. The second-order valence-electron chi connectivity index (χ2n) is 5.19. The molecule has 4 N–H and O–H groups in total. The highest BCUT2D eigenvalue weighted by Gasteiger charge is 2.12. The Morgan fingerprint density at radius 1 is 1.13 bits per heavy atom. The molecule has 2 aromatic rings. The fourth-order valence-corrected chi connectivity index (χ4v) is 2.13. The fraction of sp³-hybridized carbons (Fsp3) is 0.278. The van der Waals surface area contributed by atoms with E-state index in [0.717, 1.165) is 0 Å². The number of furan rings is 1. The summed E-state index contributed by atoms with van der Waals surface area (Å²) in [5, 5.41) is 38.6. The van der Waals surface area contributed by atoms with E-state index >= 15 is 0 Å². The summed E-state index contributed by atoms with van der Waals surface area (Å²) in [6, 6.07) is 9.66. The van der Waals surface area contributed by atoms with Crippen LogP contribution in [0.25, 0.3) is 0 Å². The second kappa shape index (κ2) is 8.36. The van der Waals surface area contributed by atoms with Gasteiger partial charge in [0, 0.05) is 12.8 Å². The molecule has 0 unspecified atom stereocenters. The maximum absolute atomic E-state index is 10.0. The zero-order valence-corrected chi connectivity index (χ0v) is 12.6. The van der Waals surface area contributed by atoms with Crippen LogP contribution in [0.15, 0.2) is 64.5 Å². The van der Waals surface area contributed by atoms with E-state index in [1.807, 2.05) is 0 Å². The van der Waals surface area contributed by atoms with E-state index < -0.39 is 12.2 Å². The third kappa shape index (κ3) is 5.13. The van der Waals surface area contributed by atoms with Crippen LogP contribution in [0.3, 0.4) is 0 Å². The minimum atomic E-state index is -0.838. The van der Waals surface area contributed by atoms with Gasteiger partial charge >= 0.3 is 0 Å². The molecule has 0 aliphatic rings. The molecule has 5 heteroatoms. The Hall–Kier alpha value is -2.30. The van der Waals surface area contributed by atoms with Crippen LogP contribution in [0.4, 0.5) is 0 Å². The van der Waals surface area contributed by atoms with Gasteiger partial charge in [0.25, 0.3) is 0 Å². The molecule has 0 aliphatic heterocycles. The Balaban J connectivity index is 1.97. The standard InChI is InChI=1S/C18H20O5/c19-12-13(11-17(22)18-5-2-10-23-18)3-1-4-16(21)14-6-8-15(20)9-7-14/h1-2,5-10,16-17,19-22H,4,11-12H2/t3?,16-,17-/m1/s1. The lowest BCUT2D eigenvalue weighted by atomic mass is 10.1. The summed E-state index contributed by atoms with van der Waals surface area (Å²) in [5.41, 5.74) is 4.11. The molecule has 1 aromatic heterocycles. The van der Waals surface area contributed by atoms with Crippen molar-refractivity contribution in [1.82, 2.24) is 0 Å². The predicted molar refractivity (Wildman–Crippen MR) is 84.7 cm³/mol. The third-order valence-electron chi connectivity index (χ3n) is 3.43. The predicted octanol–water partition coefficient (Wildman–Crippen LogP) is 2.61. The monoisotopic (exact) mass is 316 g/mol. The lowest BCUT2D eigenvalue weighted by Gasteiger charge is -2.09. The number of phenolic OH excluding ortho intramolecular Hbond substituents is 1. The van der Waals surface area contributed by atoms with E-state index in [4.69, 9.17) is 4.42 Å². The van der Waals surface area contributed by atoms with Gasteiger partial charge in [-0.15, -0.1) is 5.73 Å². The molecule has 0 amide bonds. The molecular weight excluding hydrogens is 296 g/mol. The van der Waals surface area contributed by atoms with Crippen molar-refractivity contribution in [3.8, 4) is 5.75 Å². The molecule has 0 spiro atoms. The molecule has 0 saturated heterocycles. The largest absolute Gasteiger partial charge is 0.508 e. The van der Waals surface area contributed by atoms with Gasteiger partial charge < -0.3 is 24.8 Å². The number of rotatable bonds is 7. The highest BCUT2D eigenvalue weighted by Crippen LogP contribution is 2.22. The van der Waals surface area contributed by atoms with Gasteiger partial charge in [0.05, 0.1) is 19.0 Å². The molecular formula is C18H20O5. The number of phenols is 1. The maximum Gasteiger partial charge on any atom is 0.132 e. The van der Waals surface area contributed by atoms with Crippen LogP contribution in [-0.4, -0.2) is 27.0 Å². The van der Waals surface area contributed by atoms with Crippen LogP contribution in [0.2, 0.25) is 0 Å². The zero-order chi connectivity index (χ0) is 16.7. The smallest absolute Gasteiger partial charge is 0.132 e. The van der Waals surface area contributed by atoms with E-state index in [1.165, 1.54) is 18.4 Å². The Morgan fingerprint density at radius 3 is 2.48 bits per heavy atom. The fourth-order valence-electron chi connectivity index (χ4n) is 2.13. The molecule has 5 nitrogen and oxygen atoms in total. The molecule has 2 atom stereocenters. The maximum atomic E-state index is 10.0. The number of benzene rings is 1. The molecule has 1 heterocycles. The van der Waals surface area contributed by atoms with Crippen molar-refractivity contribution in [3.05, 3.63) is 71.4 Å². The first-order chi connectivity index (χ1) is 11.1. The minimum absolute atomic E-state index is 0.144. The van der Waals surface area contributed by atoms with Crippen molar-refractivity contribution < 1.29 is 24.8 Å². The number of hydrogen-bond acceptors (Lipinski definition) is 5. The van der Waals surface area contributed by atoms with Gasteiger partial charge in [-0.25, -0.2) is 0 Å². The topological polar surface area (TPSA) is 94.1 Å². The molecule has 0 fully saturated rings. The molecule has 2 rings (SSSR count). The molecule has 23 heavy (non-hydrogen) atoms. The summed E-state index contributed by atoms with van der Waals surface area (Å²) in [6.07, 6.45) is 2.05. The van der Waals surface area contributed by atoms with Crippen LogP contribution in [0.5, 0.6) is 5.75 Å². The average Bonchev–Trinajstić information content (AvgIpc) is 3.09. The SMILES string of the molecule is OCC(=C=CC[C@@H](O)c1ccc(O)cc1)C[C@@H](O)c1ccco1. The van der Waals surface area contributed by atoms with Crippen LogP contribution in [-0.2, 0) is 0 Å². The molecule has 1 aromatic carbocycles. The van der Waals surface area contributed by atoms with E-state index in [2.05, 4.69) is 5.73 Å². The van der Waals surface area contributed by atoms with Crippen LogP contribution < -0.4 is 0 Å². The van der Waals surface area contributed by atoms with Gasteiger partial charge in [-0.3, -0.25) is 0 Å². The summed E-state index contributed by atoms with van der Waals surface area (Å²) in [6.45, 7) is -0.233. The Bertz CT molecular complexity index is 651. The van der Waals surface area contributed by atoms with E-state index in [9.17, 15) is 20.4 Å². The third-order valence-corrected chi connectivity index (χ3v) is 3.43. The van der Waals surface area contributed by atoms with E-state index in [0.29, 0.717) is 23.3 Å². The van der Waals surface area contributed by atoms with E-state index in [1.54, 1.807) is 30.3 Å². The number of aliphatic hydroxyl groups is 3. The average molecular weight is 316 g/mol. The summed E-state index contributed by atoms with van der Waals surface area (Å²) in [7, 11) is 0. The van der Waals surface area contributed by atoms with Gasteiger partial charge in [0.1, 0.15) is 17.6 Å². The number of hydrogen-bond donors (Lipinski definition) is 4. The highest BCUT2D eigenvalue weighted by molar-refractivity contribution is 5.27. The van der Waals surface area contributed by atoms with Crippen LogP contribution >= 0.6 is 0 Å². The van der Waals surface area contributed by atoms with Gasteiger partial charge in [0.15, 0.2) is 0 Å². The molecule has 0 bridgehead atoms. The Kier molecular flexibility index (Phi) is 6.20. The summed E-state index contributed by atoms with van der Waals surface area (Å²) >= 11 is 0. The zero-order valence-electron chi connectivity index (χ0n) is 12.6.